The normalized spacial score (nSPS) is 21.5. The van der Waals surface area contributed by atoms with E-state index in [1.807, 2.05) is 30.3 Å². The van der Waals surface area contributed by atoms with Crippen LogP contribution in [0.5, 0.6) is 0 Å². The van der Waals surface area contributed by atoms with Gasteiger partial charge in [-0.3, -0.25) is 4.79 Å². The molecule has 0 spiro atoms. The van der Waals surface area contributed by atoms with Crippen molar-refractivity contribution in [2.75, 3.05) is 19.8 Å². The van der Waals surface area contributed by atoms with Gasteiger partial charge in [0.05, 0.1) is 12.0 Å². The first-order chi connectivity index (χ1) is 11.7. The summed E-state index contributed by atoms with van der Waals surface area (Å²) >= 11 is 0. The number of amides is 1. The number of nitrogens with one attached hydrogen (secondary N) is 1. The maximum Gasteiger partial charge on any atom is 0.226 e. The first-order valence-electron chi connectivity index (χ1n) is 9.21. The molecule has 24 heavy (non-hydrogen) atoms. The van der Waals surface area contributed by atoms with E-state index in [0.29, 0.717) is 13.2 Å². The molecule has 4 nitrogen and oxygen atoms in total. The van der Waals surface area contributed by atoms with E-state index in [1.165, 1.54) is 0 Å². The monoisotopic (exact) mass is 333 g/mol. The van der Waals surface area contributed by atoms with Crippen molar-refractivity contribution in [3.8, 4) is 0 Å². The number of benzene rings is 1. The van der Waals surface area contributed by atoms with Crippen molar-refractivity contribution in [3.63, 3.8) is 0 Å². The average Bonchev–Trinajstić information content (AvgIpc) is 2.65. The fraction of sp³-hybridized carbons (Fsp3) is 0.650. The van der Waals surface area contributed by atoms with Gasteiger partial charge in [0.25, 0.3) is 0 Å². The molecule has 0 radical (unpaired) electrons. The van der Waals surface area contributed by atoms with Crippen LogP contribution in [0.4, 0.5) is 0 Å². The van der Waals surface area contributed by atoms with Gasteiger partial charge in [-0.15, -0.1) is 0 Å². The molecule has 0 saturated carbocycles. The van der Waals surface area contributed by atoms with Crippen molar-refractivity contribution in [1.82, 2.24) is 5.32 Å². The molecular weight excluding hydrogens is 302 g/mol. The van der Waals surface area contributed by atoms with E-state index in [0.717, 1.165) is 37.7 Å². The highest BCUT2D eigenvalue weighted by molar-refractivity contribution is 5.79. The topological polar surface area (TPSA) is 58.6 Å². The predicted molar refractivity (Wildman–Crippen MR) is 95.6 cm³/mol. The van der Waals surface area contributed by atoms with Crippen molar-refractivity contribution in [1.29, 1.82) is 0 Å². The zero-order chi connectivity index (χ0) is 17.4. The summed E-state index contributed by atoms with van der Waals surface area (Å²) in [7, 11) is 0. The highest BCUT2D eigenvalue weighted by Crippen LogP contribution is 2.34. The second-order valence-electron chi connectivity index (χ2n) is 6.85. The Morgan fingerprint density at radius 2 is 2.00 bits per heavy atom. The fourth-order valence-electron chi connectivity index (χ4n) is 3.61. The van der Waals surface area contributed by atoms with E-state index in [9.17, 15) is 9.90 Å². The highest BCUT2D eigenvalue weighted by Gasteiger charge is 2.34. The number of aliphatic hydroxyl groups excluding tert-OH is 1. The lowest BCUT2D eigenvalue weighted by Crippen LogP contribution is -2.43. The standard InChI is InChI=1S/C20H31NO3/c1-3-20(4-2,12-13-22)15-21-19(23)17-11-8-14-24-18(17)16-9-6-5-7-10-16/h5-7,9-10,17-18,22H,3-4,8,11-15H2,1-2H3,(H,21,23). The number of carbonyl (C=O) groups is 1. The van der Waals surface area contributed by atoms with Crippen molar-refractivity contribution < 1.29 is 14.6 Å². The number of carbonyl (C=O) groups excluding carboxylic acids is 1. The van der Waals surface area contributed by atoms with Gasteiger partial charge >= 0.3 is 0 Å². The van der Waals surface area contributed by atoms with Gasteiger partial charge in [-0.1, -0.05) is 44.2 Å². The molecular formula is C20H31NO3. The maximum absolute atomic E-state index is 12.8. The molecule has 1 aliphatic rings. The highest BCUT2D eigenvalue weighted by atomic mass is 16.5. The van der Waals surface area contributed by atoms with Gasteiger partial charge < -0.3 is 15.2 Å². The SMILES string of the molecule is CCC(CC)(CCO)CNC(=O)C1CCCOC1c1ccccc1. The van der Waals surface area contributed by atoms with Gasteiger partial charge in [-0.2, -0.15) is 0 Å². The van der Waals surface area contributed by atoms with Gasteiger partial charge in [-0.25, -0.2) is 0 Å². The van der Waals surface area contributed by atoms with E-state index in [-0.39, 0.29) is 30.0 Å². The molecule has 1 saturated heterocycles. The molecule has 1 aromatic carbocycles. The smallest absolute Gasteiger partial charge is 0.226 e. The molecule has 4 heteroatoms. The van der Waals surface area contributed by atoms with Crippen LogP contribution in [0.1, 0.15) is 57.6 Å². The minimum absolute atomic E-state index is 0.0117. The van der Waals surface area contributed by atoms with Crippen LogP contribution in [0.15, 0.2) is 30.3 Å². The van der Waals surface area contributed by atoms with E-state index in [1.54, 1.807) is 0 Å². The molecule has 134 valence electrons. The Bertz CT molecular complexity index is 499. The molecule has 2 rings (SSSR count). The zero-order valence-corrected chi connectivity index (χ0v) is 15.0. The summed E-state index contributed by atoms with van der Waals surface area (Å²) in [4.78, 5) is 12.8. The Morgan fingerprint density at radius 3 is 2.62 bits per heavy atom. The Balaban J connectivity index is 2.03. The number of hydrogen-bond acceptors (Lipinski definition) is 3. The van der Waals surface area contributed by atoms with Gasteiger partial charge in [-0.05, 0) is 43.1 Å². The predicted octanol–water partition coefficient (Wildman–Crippen LogP) is 3.46. The Morgan fingerprint density at radius 1 is 1.29 bits per heavy atom. The molecule has 0 aromatic heterocycles. The first-order valence-corrected chi connectivity index (χ1v) is 9.21. The molecule has 2 N–H and O–H groups in total. The largest absolute Gasteiger partial charge is 0.396 e. The second kappa shape index (κ2) is 9.19. The molecule has 1 fully saturated rings. The van der Waals surface area contributed by atoms with Crippen molar-refractivity contribution in [2.24, 2.45) is 11.3 Å². The van der Waals surface area contributed by atoms with Crippen LogP contribution in [0.25, 0.3) is 0 Å². The summed E-state index contributed by atoms with van der Waals surface area (Å²) < 4.78 is 5.93. The Kier molecular flexibility index (Phi) is 7.25. The summed E-state index contributed by atoms with van der Waals surface area (Å²) in [6, 6.07) is 10.0. The molecule has 1 aliphatic heterocycles. The summed E-state index contributed by atoms with van der Waals surface area (Å²) in [5.74, 6) is -0.0607. The van der Waals surface area contributed by atoms with Crippen LogP contribution < -0.4 is 5.32 Å². The summed E-state index contributed by atoms with van der Waals surface area (Å²) in [5, 5.41) is 12.5. The minimum Gasteiger partial charge on any atom is -0.396 e. The quantitative estimate of drug-likeness (QED) is 0.766. The molecule has 2 atom stereocenters. The van der Waals surface area contributed by atoms with E-state index in [4.69, 9.17) is 4.74 Å². The third kappa shape index (κ3) is 4.58. The summed E-state index contributed by atoms with van der Waals surface area (Å²) in [6.07, 6.45) is 4.25. The molecule has 1 heterocycles. The lowest BCUT2D eigenvalue weighted by molar-refractivity contribution is -0.135. The van der Waals surface area contributed by atoms with E-state index >= 15 is 0 Å². The fourth-order valence-corrected chi connectivity index (χ4v) is 3.61. The number of aliphatic hydroxyl groups is 1. The zero-order valence-electron chi connectivity index (χ0n) is 15.0. The molecule has 1 amide bonds. The van der Waals surface area contributed by atoms with Crippen LogP contribution in [0.2, 0.25) is 0 Å². The Labute approximate surface area is 145 Å². The van der Waals surface area contributed by atoms with Gasteiger partial charge in [0.2, 0.25) is 5.91 Å². The van der Waals surface area contributed by atoms with E-state index < -0.39 is 0 Å². The summed E-state index contributed by atoms with van der Waals surface area (Å²) in [6.45, 7) is 5.75. The second-order valence-corrected chi connectivity index (χ2v) is 6.85. The van der Waals surface area contributed by atoms with Crippen molar-refractivity contribution in [3.05, 3.63) is 35.9 Å². The van der Waals surface area contributed by atoms with Crippen molar-refractivity contribution in [2.45, 2.75) is 52.1 Å². The van der Waals surface area contributed by atoms with E-state index in [2.05, 4.69) is 19.2 Å². The third-order valence-corrected chi connectivity index (χ3v) is 5.57. The van der Waals surface area contributed by atoms with Crippen LogP contribution in [-0.4, -0.2) is 30.8 Å². The van der Waals surface area contributed by atoms with Gasteiger partial charge in [0.15, 0.2) is 0 Å². The Hall–Kier alpha value is -1.39. The van der Waals surface area contributed by atoms with Crippen LogP contribution in [-0.2, 0) is 9.53 Å². The number of rotatable bonds is 8. The van der Waals surface area contributed by atoms with Gasteiger partial charge in [0, 0.05) is 19.8 Å². The summed E-state index contributed by atoms with van der Waals surface area (Å²) in [5.41, 5.74) is 1.06. The minimum atomic E-state index is -0.157. The number of ether oxygens (including phenoxy) is 1. The molecule has 0 aliphatic carbocycles. The van der Waals surface area contributed by atoms with Crippen molar-refractivity contribution >= 4 is 5.91 Å². The maximum atomic E-state index is 12.8. The third-order valence-electron chi connectivity index (χ3n) is 5.57. The molecule has 0 bridgehead atoms. The molecule has 1 aromatic rings. The van der Waals surface area contributed by atoms with Gasteiger partial charge in [0.1, 0.15) is 0 Å². The van der Waals surface area contributed by atoms with Crippen LogP contribution in [0.3, 0.4) is 0 Å². The number of hydrogen-bond donors (Lipinski definition) is 2. The average molecular weight is 333 g/mol. The molecule has 2 unspecified atom stereocenters. The first kappa shape index (κ1) is 18.9. The lowest BCUT2D eigenvalue weighted by Gasteiger charge is -2.34. The van der Waals surface area contributed by atoms with Crippen LogP contribution in [0, 0.1) is 11.3 Å². The van der Waals surface area contributed by atoms with Crippen LogP contribution >= 0.6 is 0 Å². The lowest BCUT2D eigenvalue weighted by atomic mass is 9.79.